The van der Waals surface area contributed by atoms with Gasteiger partial charge in [-0.15, -0.1) is 6.58 Å². The highest BCUT2D eigenvalue weighted by Crippen LogP contribution is 2.11. The number of carboxylic acid groups (broad SMARTS) is 1. The fourth-order valence-corrected chi connectivity index (χ4v) is 1.25. The van der Waals surface area contributed by atoms with Crippen LogP contribution in [0.25, 0.3) is 0 Å². The molecule has 4 nitrogen and oxygen atoms in total. The standard InChI is InChI=1S/C13H22O4/c1-5-12(9-16-6-2)17-11(4)8-7-10(3)13(14)15/h5,11-12H,1,3,6-9H2,2,4H3,(H,14,15). The van der Waals surface area contributed by atoms with Crippen LogP contribution in [0, 0.1) is 0 Å². The van der Waals surface area contributed by atoms with Crippen molar-refractivity contribution in [1.82, 2.24) is 0 Å². The highest BCUT2D eigenvalue weighted by atomic mass is 16.5. The van der Waals surface area contributed by atoms with E-state index >= 15 is 0 Å². The molecule has 0 aliphatic rings. The predicted molar refractivity (Wildman–Crippen MR) is 67.0 cm³/mol. The van der Waals surface area contributed by atoms with Crippen molar-refractivity contribution >= 4 is 5.97 Å². The van der Waals surface area contributed by atoms with Gasteiger partial charge in [-0.25, -0.2) is 4.79 Å². The first-order chi connectivity index (χ1) is 8.01. The van der Waals surface area contributed by atoms with Crippen molar-refractivity contribution in [3.05, 3.63) is 24.8 Å². The van der Waals surface area contributed by atoms with Gasteiger partial charge in [0.1, 0.15) is 0 Å². The first kappa shape index (κ1) is 15.9. The summed E-state index contributed by atoms with van der Waals surface area (Å²) >= 11 is 0. The molecule has 1 N–H and O–H groups in total. The first-order valence-electron chi connectivity index (χ1n) is 5.78. The molecule has 2 unspecified atom stereocenters. The zero-order valence-corrected chi connectivity index (χ0v) is 10.6. The third kappa shape index (κ3) is 7.71. The number of hydrogen-bond donors (Lipinski definition) is 1. The molecular formula is C13H22O4. The fraction of sp³-hybridized carbons (Fsp3) is 0.615. The van der Waals surface area contributed by atoms with Crippen LogP contribution in [0.15, 0.2) is 24.8 Å². The molecule has 0 aliphatic carbocycles. The van der Waals surface area contributed by atoms with Gasteiger partial charge in [-0.2, -0.15) is 0 Å². The van der Waals surface area contributed by atoms with Gasteiger partial charge in [-0.05, 0) is 26.7 Å². The number of ether oxygens (including phenoxy) is 2. The molecule has 0 aliphatic heterocycles. The van der Waals surface area contributed by atoms with Crippen LogP contribution in [0.2, 0.25) is 0 Å². The second kappa shape index (κ2) is 8.96. The summed E-state index contributed by atoms with van der Waals surface area (Å²) in [6.45, 7) is 12.1. The largest absolute Gasteiger partial charge is 0.478 e. The van der Waals surface area contributed by atoms with Gasteiger partial charge in [0.15, 0.2) is 0 Å². The molecule has 0 aromatic carbocycles. The van der Waals surface area contributed by atoms with Gasteiger partial charge in [0, 0.05) is 12.2 Å². The summed E-state index contributed by atoms with van der Waals surface area (Å²) in [5.74, 6) is -0.952. The summed E-state index contributed by atoms with van der Waals surface area (Å²) in [7, 11) is 0. The van der Waals surface area contributed by atoms with E-state index in [9.17, 15) is 4.79 Å². The Hall–Kier alpha value is -1.13. The fourth-order valence-electron chi connectivity index (χ4n) is 1.25. The molecule has 98 valence electrons. The van der Waals surface area contributed by atoms with Crippen LogP contribution in [0.4, 0.5) is 0 Å². The van der Waals surface area contributed by atoms with E-state index in [2.05, 4.69) is 13.2 Å². The maximum Gasteiger partial charge on any atom is 0.330 e. The molecule has 2 atom stereocenters. The Morgan fingerprint density at radius 2 is 2.18 bits per heavy atom. The van der Waals surface area contributed by atoms with E-state index in [4.69, 9.17) is 14.6 Å². The first-order valence-corrected chi connectivity index (χ1v) is 5.78. The van der Waals surface area contributed by atoms with E-state index in [0.29, 0.717) is 26.1 Å². The van der Waals surface area contributed by atoms with Gasteiger partial charge in [0.05, 0.1) is 18.8 Å². The van der Waals surface area contributed by atoms with Crippen molar-refractivity contribution in [2.45, 2.75) is 38.9 Å². The maximum absolute atomic E-state index is 10.6. The number of carbonyl (C=O) groups is 1. The molecule has 0 spiro atoms. The monoisotopic (exact) mass is 242 g/mol. The van der Waals surface area contributed by atoms with Crippen molar-refractivity contribution in [1.29, 1.82) is 0 Å². The van der Waals surface area contributed by atoms with Gasteiger partial charge >= 0.3 is 5.97 Å². The molecule has 0 saturated carbocycles. The zero-order chi connectivity index (χ0) is 13.3. The Bertz CT molecular complexity index is 260. The summed E-state index contributed by atoms with van der Waals surface area (Å²) in [4.78, 5) is 10.6. The summed E-state index contributed by atoms with van der Waals surface area (Å²) < 4.78 is 10.9. The number of carboxylic acids is 1. The molecule has 0 amide bonds. The van der Waals surface area contributed by atoms with Crippen LogP contribution in [0.3, 0.4) is 0 Å². The van der Waals surface area contributed by atoms with Crippen LogP contribution in [-0.4, -0.2) is 36.5 Å². The van der Waals surface area contributed by atoms with E-state index in [1.165, 1.54) is 0 Å². The van der Waals surface area contributed by atoms with Crippen LogP contribution >= 0.6 is 0 Å². The van der Waals surface area contributed by atoms with Crippen molar-refractivity contribution < 1.29 is 19.4 Å². The highest BCUT2D eigenvalue weighted by molar-refractivity contribution is 5.85. The van der Waals surface area contributed by atoms with Gasteiger partial charge in [0.25, 0.3) is 0 Å². The van der Waals surface area contributed by atoms with Crippen molar-refractivity contribution in [3.63, 3.8) is 0 Å². The SMILES string of the molecule is C=CC(COCC)OC(C)CCC(=C)C(=O)O. The number of aliphatic carboxylic acids is 1. The topological polar surface area (TPSA) is 55.8 Å². The quantitative estimate of drug-likeness (QED) is 0.472. The molecule has 17 heavy (non-hydrogen) atoms. The molecule has 0 fully saturated rings. The average molecular weight is 242 g/mol. The zero-order valence-electron chi connectivity index (χ0n) is 10.6. The van der Waals surface area contributed by atoms with Gasteiger partial charge in [-0.1, -0.05) is 12.7 Å². The van der Waals surface area contributed by atoms with Crippen LogP contribution < -0.4 is 0 Å². The Labute approximate surface area is 103 Å². The molecule has 0 bridgehead atoms. The number of rotatable bonds is 10. The lowest BCUT2D eigenvalue weighted by Gasteiger charge is -2.19. The van der Waals surface area contributed by atoms with E-state index < -0.39 is 5.97 Å². The Balaban J connectivity index is 3.89. The molecule has 0 rings (SSSR count). The second-order valence-corrected chi connectivity index (χ2v) is 3.83. The van der Waals surface area contributed by atoms with Crippen molar-refractivity contribution in [2.24, 2.45) is 0 Å². The normalized spacial score (nSPS) is 14.0. The highest BCUT2D eigenvalue weighted by Gasteiger charge is 2.12. The van der Waals surface area contributed by atoms with Gasteiger partial charge in [0.2, 0.25) is 0 Å². The van der Waals surface area contributed by atoms with Gasteiger partial charge < -0.3 is 14.6 Å². The Morgan fingerprint density at radius 1 is 1.53 bits per heavy atom. The summed E-state index contributed by atoms with van der Waals surface area (Å²) in [6, 6.07) is 0. The predicted octanol–water partition coefficient (Wildman–Crippen LogP) is 2.40. The summed E-state index contributed by atoms with van der Waals surface area (Å²) in [5, 5.41) is 8.66. The lowest BCUT2D eigenvalue weighted by atomic mass is 10.1. The summed E-state index contributed by atoms with van der Waals surface area (Å²) in [5.41, 5.74) is 0.209. The molecule has 0 saturated heterocycles. The third-order valence-corrected chi connectivity index (χ3v) is 2.31. The molecule has 0 aromatic rings. The average Bonchev–Trinajstić information content (AvgIpc) is 2.31. The number of hydrogen-bond acceptors (Lipinski definition) is 3. The van der Waals surface area contributed by atoms with E-state index in [0.717, 1.165) is 0 Å². The minimum atomic E-state index is -0.952. The third-order valence-electron chi connectivity index (χ3n) is 2.31. The lowest BCUT2D eigenvalue weighted by Crippen LogP contribution is -2.23. The van der Waals surface area contributed by atoms with Crippen molar-refractivity contribution in [3.8, 4) is 0 Å². The van der Waals surface area contributed by atoms with E-state index in [-0.39, 0.29) is 17.8 Å². The van der Waals surface area contributed by atoms with Crippen LogP contribution in [0.5, 0.6) is 0 Å². The van der Waals surface area contributed by atoms with Crippen LogP contribution in [0.1, 0.15) is 26.7 Å². The van der Waals surface area contributed by atoms with Gasteiger partial charge in [-0.3, -0.25) is 0 Å². The lowest BCUT2D eigenvalue weighted by molar-refractivity contribution is -0.132. The molecule has 0 aromatic heterocycles. The maximum atomic E-state index is 10.6. The second-order valence-electron chi connectivity index (χ2n) is 3.83. The summed E-state index contributed by atoms with van der Waals surface area (Å²) in [6.07, 6.45) is 2.55. The molecule has 0 heterocycles. The van der Waals surface area contributed by atoms with E-state index in [1.54, 1.807) is 6.08 Å². The van der Waals surface area contributed by atoms with E-state index in [1.807, 2.05) is 13.8 Å². The Kier molecular flexibility index (Phi) is 8.36. The van der Waals surface area contributed by atoms with Crippen LogP contribution in [-0.2, 0) is 14.3 Å². The Morgan fingerprint density at radius 3 is 2.65 bits per heavy atom. The minimum Gasteiger partial charge on any atom is -0.478 e. The molecule has 0 radical (unpaired) electrons. The molecular weight excluding hydrogens is 220 g/mol. The van der Waals surface area contributed by atoms with Crippen molar-refractivity contribution in [2.75, 3.05) is 13.2 Å². The minimum absolute atomic E-state index is 0.0467. The molecule has 4 heteroatoms. The smallest absolute Gasteiger partial charge is 0.330 e.